The zero-order valence-electron chi connectivity index (χ0n) is 16.4. The monoisotopic (exact) mass is 574 g/mol. The number of carbonyl (C=O) groups excluding carboxylic acids is 2. The Balaban J connectivity index is 1.48. The summed E-state index contributed by atoms with van der Waals surface area (Å²) in [4.78, 5) is 25.4. The fourth-order valence-electron chi connectivity index (χ4n) is 3.84. The van der Waals surface area contributed by atoms with E-state index in [0.717, 1.165) is 0 Å². The van der Waals surface area contributed by atoms with Gasteiger partial charge < -0.3 is 10.6 Å². The molecule has 0 heterocycles. The number of anilines is 1. The highest BCUT2D eigenvalue weighted by Gasteiger charge is 2.68. The van der Waals surface area contributed by atoms with Gasteiger partial charge in [-0.3, -0.25) is 9.59 Å². The predicted molar refractivity (Wildman–Crippen MR) is 128 cm³/mol. The summed E-state index contributed by atoms with van der Waals surface area (Å²) in [5, 5.41) is 6.02. The van der Waals surface area contributed by atoms with Gasteiger partial charge in [0.1, 0.15) is 4.33 Å². The van der Waals surface area contributed by atoms with Crippen LogP contribution in [0.4, 0.5) is 14.5 Å². The van der Waals surface area contributed by atoms with Gasteiger partial charge in [0.05, 0.1) is 26.5 Å². The highest BCUT2D eigenvalue weighted by Crippen LogP contribution is 2.66. The zero-order chi connectivity index (χ0) is 24.3. The highest BCUT2D eigenvalue weighted by atomic mass is 35.5. The molecule has 2 saturated carbocycles. The van der Waals surface area contributed by atoms with Crippen LogP contribution in [0, 0.1) is 5.92 Å². The van der Waals surface area contributed by atoms with Gasteiger partial charge >= 0.3 is 0 Å². The smallest absolute Gasteiger partial charge is 0.253 e. The second-order valence-electron chi connectivity index (χ2n) is 8.04. The summed E-state index contributed by atoms with van der Waals surface area (Å²) in [6, 6.07) is 6.56. The molecule has 0 unspecified atom stereocenters. The molecule has 33 heavy (non-hydrogen) atoms. The number of benzene rings is 2. The fraction of sp³-hybridized carbons (Fsp3) is 0.333. The van der Waals surface area contributed by atoms with E-state index in [1.165, 1.54) is 30.3 Å². The molecule has 4 nitrogen and oxygen atoms in total. The third kappa shape index (κ3) is 5.02. The van der Waals surface area contributed by atoms with Gasteiger partial charge in [0.25, 0.3) is 11.8 Å². The number of halogens is 8. The van der Waals surface area contributed by atoms with Crippen LogP contribution < -0.4 is 10.6 Å². The largest absolute Gasteiger partial charge is 0.349 e. The Morgan fingerprint density at radius 1 is 0.909 bits per heavy atom. The zero-order valence-corrected chi connectivity index (χ0v) is 20.9. The van der Waals surface area contributed by atoms with E-state index < -0.39 is 52.8 Å². The molecule has 2 aliphatic rings. The SMILES string of the molecule is O=C(NC1CC(F)(F)C1)c1cc(NC(=O)[C@H]2[C@H](c3cc(Cl)c(Cl)cc3Cl)C2(Cl)Cl)ccc1Cl. The van der Waals surface area contributed by atoms with Crippen LogP contribution in [0.3, 0.4) is 0 Å². The Kier molecular flexibility index (Phi) is 6.75. The molecule has 0 aromatic heterocycles. The van der Waals surface area contributed by atoms with Gasteiger partial charge in [-0.15, -0.1) is 23.2 Å². The van der Waals surface area contributed by atoms with Gasteiger partial charge in [-0.1, -0.05) is 46.4 Å². The molecule has 0 saturated heterocycles. The first-order valence-electron chi connectivity index (χ1n) is 9.61. The molecule has 2 N–H and O–H groups in total. The molecule has 4 rings (SSSR count). The number of nitrogens with one attached hydrogen (secondary N) is 2. The third-order valence-corrected chi connectivity index (χ3v) is 7.93. The van der Waals surface area contributed by atoms with Gasteiger partial charge in [-0.2, -0.15) is 0 Å². The molecule has 176 valence electrons. The van der Waals surface area contributed by atoms with Crippen LogP contribution in [0.2, 0.25) is 20.1 Å². The van der Waals surface area contributed by atoms with Crippen molar-refractivity contribution in [3.05, 3.63) is 61.5 Å². The Hall–Kier alpha value is -1.02. The summed E-state index contributed by atoms with van der Waals surface area (Å²) in [5.41, 5.74) is 0.765. The van der Waals surface area contributed by atoms with Crippen molar-refractivity contribution in [2.75, 3.05) is 5.32 Å². The molecule has 2 aromatic rings. The van der Waals surface area contributed by atoms with Gasteiger partial charge in [-0.05, 0) is 35.9 Å². The Labute approximate surface area is 217 Å². The molecule has 2 amide bonds. The first-order chi connectivity index (χ1) is 15.3. The van der Waals surface area contributed by atoms with Crippen molar-refractivity contribution >= 4 is 87.1 Å². The van der Waals surface area contributed by atoms with Gasteiger partial charge in [0.2, 0.25) is 5.91 Å². The van der Waals surface area contributed by atoms with Crippen molar-refractivity contribution in [2.24, 2.45) is 5.92 Å². The van der Waals surface area contributed by atoms with Gasteiger partial charge in [-0.25, -0.2) is 8.78 Å². The molecular formula is C21H14Cl6F2N2O2. The van der Waals surface area contributed by atoms with Crippen LogP contribution in [-0.4, -0.2) is 28.1 Å². The molecule has 0 radical (unpaired) electrons. The van der Waals surface area contributed by atoms with Crippen molar-refractivity contribution in [3.8, 4) is 0 Å². The minimum atomic E-state index is -2.77. The standard InChI is InChI=1S/C21H14Cl6F2N2O2/c22-12-2-1-8(3-11(12)18(32)31-9-6-20(28,29)7-9)30-19(33)17-16(21(17,26)27)10-4-14(24)15(25)5-13(10)23/h1-5,9,16-17H,6-7H2,(H,30,33)(H,31,32)/t16-,17+/m0/s1. The normalized spacial score (nSPS) is 22.9. The lowest BCUT2D eigenvalue weighted by molar-refractivity contribution is -0.117. The number of alkyl halides is 4. The number of amides is 2. The molecule has 0 bridgehead atoms. The molecule has 2 aliphatic carbocycles. The van der Waals surface area contributed by atoms with E-state index in [1.807, 2.05) is 0 Å². The van der Waals surface area contributed by atoms with Gasteiger partial charge in [0, 0.05) is 35.5 Å². The molecule has 12 heteroatoms. The lowest BCUT2D eigenvalue weighted by atomic mass is 9.88. The summed E-state index contributed by atoms with van der Waals surface area (Å²) in [6.07, 6.45) is -0.860. The third-order valence-electron chi connectivity index (χ3n) is 5.61. The van der Waals surface area contributed by atoms with E-state index >= 15 is 0 Å². The summed E-state index contributed by atoms with van der Waals surface area (Å²) in [6.45, 7) is 0. The quantitative estimate of drug-likeness (QED) is 0.289. The van der Waals surface area contributed by atoms with E-state index in [1.54, 1.807) is 0 Å². The minimum Gasteiger partial charge on any atom is -0.349 e. The van der Waals surface area contributed by atoms with E-state index in [-0.39, 0.29) is 31.3 Å². The van der Waals surface area contributed by atoms with Crippen LogP contribution in [0.25, 0.3) is 0 Å². The molecule has 2 atom stereocenters. The van der Waals surface area contributed by atoms with Crippen LogP contribution in [0.1, 0.15) is 34.7 Å². The summed E-state index contributed by atoms with van der Waals surface area (Å²) < 4.78 is 24.6. The first-order valence-corrected chi connectivity index (χ1v) is 11.9. The second-order valence-corrected chi connectivity index (χ2v) is 11.1. The summed E-state index contributed by atoms with van der Waals surface area (Å²) in [5.74, 6) is -5.41. The van der Waals surface area contributed by atoms with Crippen LogP contribution in [0.5, 0.6) is 0 Å². The van der Waals surface area contributed by atoms with Gasteiger partial charge in [0.15, 0.2) is 0 Å². The maximum atomic E-state index is 13.0. The molecule has 2 fully saturated rings. The lowest BCUT2D eigenvalue weighted by Gasteiger charge is -2.35. The van der Waals surface area contributed by atoms with Crippen molar-refractivity contribution in [1.29, 1.82) is 0 Å². The van der Waals surface area contributed by atoms with E-state index in [0.29, 0.717) is 5.56 Å². The molecule has 0 aliphatic heterocycles. The second kappa shape index (κ2) is 8.89. The van der Waals surface area contributed by atoms with Crippen LogP contribution >= 0.6 is 69.6 Å². The average molecular weight is 577 g/mol. The van der Waals surface area contributed by atoms with E-state index in [9.17, 15) is 18.4 Å². The Bertz CT molecular complexity index is 1150. The molecule has 2 aromatic carbocycles. The number of hydrogen-bond donors (Lipinski definition) is 2. The Morgan fingerprint density at radius 3 is 2.18 bits per heavy atom. The highest BCUT2D eigenvalue weighted by molar-refractivity contribution is 6.54. The number of carbonyl (C=O) groups is 2. The lowest BCUT2D eigenvalue weighted by Crippen LogP contribution is -2.50. The maximum absolute atomic E-state index is 13.0. The maximum Gasteiger partial charge on any atom is 0.253 e. The van der Waals surface area contributed by atoms with E-state index in [4.69, 9.17) is 69.6 Å². The Morgan fingerprint density at radius 2 is 1.55 bits per heavy atom. The topological polar surface area (TPSA) is 58.2 Å². The van der Waals surface area contributed by atoms with E-state index in [2.05, 4.69) is 10.6 Å². The predicted octanol–water partition coefficient (Wildman–Crippen LogP) is 7.35. The summed E-state index contributed by atoms with van der Waals surface area (Å²) in [7, 11) is 0. The van der Waals surface area contributed by atoms with Crippen molar-refractivity contribution in [3.63, 3.8) is 0 Å². The molecular weight excluding hydrogens is 563 g/mol. The number of hydrogen-bond acceptors (Lipinski definition) is 2. The van der Waals surface area contributed by atoms with Crippen molar-refractivity contribution < 1.29 is 18.4 Å². The number of rotatable bonds is 5. The van der Waals surface area contributed by atoms with Crippen molar-refractivity contribution in [1.82, 2.24) is 5.32 Å². The summed E-state index contributed by atoms with van der Waals surface area (Å²) >= 11 is 37.1. The first kappa shape index (κ1) is 25.1. The minimum absolute atomic E-state index is 0.0348. The van der Waals surface area contributed by atoms with Crippen LogP contribution in [0.15, 0.2) is 30.3 Å². The average Bonchev–Trinajstić information content (AvgIpc) is 3.26. The van der Waals surface area contributed by atoms with Crippen molar-refractivity contribution in [2.45, 2.75) is 35.1 Å². The fourth-order valence-corrected chi connectivity index (χ4v) is 5.53. The molecule has 0 spiro atoms. The van der Waals surface area contributed by atoms with Crippen LogP contribution in [-0.2, 0) is 4.79 Å².